The van der Waals surface area contributed by atoms with Crippen LogP contribution in [0.4, 0.5) is 0 Å². The van der Waals surface area contributed by atoms with Gasteiger partial charge >= 0.3 is 0 Å². The minimum Gasteiger partial charge on any atom is -0.292 e. The standard InChI is InChI=1S/C59H37N5S/c1-3-15-40(16-4-1)58-61-50-22-10-12-24-52(50)63(58)45-31-27-38(28-32-45)42-35-43(37-44(36-42)56-55-48-20-8-14-26-54(48)65-57(55)47-19-7-9-21-49(47)60-56)39-29-33-46(34-30-39)64-53-25-13-11-23-51(53)62-59(64)41-17-5-2-6-18-41/h1-37H. The van der Waals surface area contributed by atoms with Gasteiger partial charge in [-0.05, 0) is 101 Å². The van der Waals surface area contributed by atoms with Crippen molar-refractivity contribution in [3.05, 3.63) is 224 Å². The van der Waals surface area contributed by atoms with Crippen molar-refractivity contribution in [2.45, 2.75) is 0 Å². The molecule has 9 aromatic carbocycles. The van der Waals surface area contributed by atoms with Crippen molar-refractivity contribution in [3.63, 3.8) is 0 Å². The van der Waals surface area contributed by atoms with Gasteiger partial charge in [-0.25, -0.2) is 15.0 Å². The van der Waals surface area contributed by atoms with E-state index in [1.165, 1.54) is 25.6 Å². The second-order valence-corrected chi connectivity index (χ2v) is 17.5. The fourth-order valence-corrected chi connectivity index (χ4v) is 10.7. The third-order valence-corrected chi connectivity index (χ3v) is 13.7. The van der Waals surface area contributed by atoms with E-state index in [0.29, 0.717) is 0 Å². The van der Waals surface area contributed by atoms with Gasteiger partial charge in [-0.15, -0.1) is 11.3 Å². The van der Waals surface area contributed by atoms with Crippen LogP contribution in [0.2, 0.25) is 0 Å². The van der Waals surface area contributed by atoms with Crippen LogP contribution in [0.1, 0.15) is 0 Å². The molecule has 6 heteroatoms. The third-order valence-electron chi connectivity index (χ3n) is 12.5. The van der Waals surface area contributed by atoms with E-state index in [1.54, 1.807) is 0 Å². The smallest absolute Gasteiger partial charge is 0.145 e. The summed E-state index contributed by atoms with van der Waals surface area (Å²) in [5.41, 5.74) is 15.8. The second kappa shape index (κ2) is 15.1. The molecule has 0 aliphatic carbocycles. The Balaban J connectivity index is 0.990. The quantitative estimate of drug-likeness (QED) is 0.161. The summed E-state index contributed by atoms with van der Waals surface area (Å²) in [5, 5.41) is 3.60. The molecule has 0 N–H and O–H groups in total. The zero-order chi connectivity index (χ0) is 42.8. The Morgan fingerprint density at radius 3 is 1.32 bits per heavy atom. The van der Waals surface area contributed by atoms with Crippen LogP contribution in [0, 0.1) is 0 Å². The van der Waals surface area contributed by atoms with Gasteiger partial charge in [-0.3, -0.25) is 9.13 Å². The molecule has 65 heavy (non-hydrogen) atoms. The van der Waals surface area contributed by atoms with Gasteiger partial charge in [-0.2, -0.15) is 0 Å². The number of benzene rings is 9. The Morgan fingerprint density at radius 1 is 0.323 bits per heavy atom. The number of nitrogens with zero attached hydrogens (tertiary/aromatic N) is 5. The number of aromatic nitrogens is 5. The van der Waals surface area contributed by atoms with Crippen LogP contribution < -0.4 is 0 Å². The highest BCUT2D eigenvalue weighted by Gasteiger charge is 2.20. The second-order valence-electron chi connectivity index (χ2n) is 16.4. The summed E-state index contributed by atoms with van der Waals surface area (Å²) in [4.78, 5) is 15.7. The molecule has 0 amide bonds. The molecular weight excluding hydrogens is 811 g/mol. The summed E-state index contributed by atoms with van der Waals surface area (Å²) in [6, 6.07) is 79.7. The van der Waals surface area contributed by atoms with E-state index < -0.39 is 0 Å². The van der Waals surface area contributed by atoms with Gasteiger partial charge in [0.2, 0.25) is 0 Å². The van der Waals surface area contributed by atoms with Gasteiger partial charge in [-0.1, -0.05) is 146 Å². The summed E-state index contributed by atoms with van der Waals surface area (Å²) in [6.07, 6.45) is 0. The van der Waals surface area contributed by atoms with Gasteiger partial charge in [0.1, 0.15) is 11.6 Å². The van der Waals surface area contributed by atoms with Crippen LogP contribution in [0.5, 0.6) is 0 Å². The van der Waals surface area contributed by atoms with Crippen molar-refractivity contribution < 1.29 is 0 Å². The number of thiophene rings is 1. The van der Waals surface area contributed by atoms with E-state index in [9.17, 15) is 0 Å². The minimum absolute atomic E-state index is 0.918. The number of rotatable bonds is 7. The Labute approximate surface area is 378 Å². The Hall–Kier alpha value is -8.45. The first-order chi connectivity index (χ1) is 32.2. The lowest BCUT2D eigenvalue weighted by atomic mass is 9.93. The van der Waals surface area contributed by atoms with Gasteiger partial charge in [0.15, 0.2) is 0 Å². The van der Waals surface area contributed by atoms with Crippen molar-refractivity contribution in [3.8, 4) is 67.7 Å². The maximum absolute atomic E-state index is 5.48. The van der Waals surface area contributed by atoms with Gasteiger partial charge in [0.05, 0.1) is 33.3 Å². The number of fused-ring (bicyclic) bond motifs is 7. The molecule has 0 unspecified atom stereocenters. The lowest BCUT2D eigenvalue weighted by molar-refractivity contribution is 1.10. The molecule has 0 saturated heterocycles. The number of hydrogen-bond donors (Lipinski definition) is 0. The fraction of sp³-hybridized carbons (Fsp3) is 0. The summed E-state index contributed by atoms with van der Waals surface area (Å²) in [6.45, 7) is 0. The minimum atomic E-state index is 0.918. The van der Waals surface area contributed by atoms with Gasteiger partial charge in [0.25, 0.3) is 0 Å². The Morgan fingerprint density at radius 2 is 0.769 bits per heavy atom. The molecule has 0 fully saturated rings. The molecule has 13 rings (SSSR count). The van der Waals surface area contributed by atoms with Crippen molar-refractivity contribution in [2.75, 3.05) is 0 Å². The Kier molecular flexibility index (Phi) is 8.64. The lowest BCUT2D eigenvalue weighted by Crippen LogP contribution is -1.98. The first-order valence-electron chi connectivity index (χ1n) is 21.8. The zero-order valence-corrected chi connectivity index (χ0v) is 35.8. The first-order valence-corrected chi connectivity index (χ1v) is 22.7. The number of pyridine rings is 1. The predicted octanol–water partition coefficient (Wildman–Crippen LogP) is 15.6. The van der Waals surface area contributed by atoms with Crippen molar-refractivity contribution in [1.82, 2.24) is 24.1 Å². The topological polar surface area (TPSA) is 48.5 Å². The number of imidazole rings is 2. The number of hydrogen-bond acceptors (Lipinski definition) is 4. The molecule has 4 aromatic heterocycles. The SMILES string of the molecule is c1ccc(-c2nc3ccccc3n2-c2ccc(-c3cc(-c4ccc(-n5c(-c6ccccc6)nc6ccccc65)cc4)cc(-c4nc5ccccc5c5sc6ccccc6c45)c3)cc2)cc1. The predicted molar refractivity (Wildman–Crippen MR) is 271 cm³/mol. The van der Waals surface area contributed by atoms with Crippen LogP contribution in [0.25, 0.3) is 121 Å². The largest absolute Gasteiger partial charge is 0.292 e. The van der Waals surface area contributed by atoms with E-state index in [2.05, 4.69) is 209 Å². The molecule has 0 aliphatic rings. The van der Waals surface area contributed by atoms with Crippen LogP contribution in [0.3, 0.4) is 0 Å². The third kappa shape index (κ3) is 6.26. The highest BCUT2D eigenvalue weighted by atomic mass is 32.1. The molecule has 304 valence electrons. The number of para-hydroxylation sites is 5. The molecule has 0 spiro atoms. The summed E-state index contributed by atoms with van der Waals surface area (Å²) in [7, 11) is 0. The molecule has 0 atom stereocenters. The zero-order valence-electron chi connectivity index (χ0n) is 35.0. The van der Waals surface area contributed by atoms with Crippen molar-refractivity contribution in [2.24, 2.45) is 0 Å². The maximum atomic E-state index is 5.48. The summed E-state index contributed by atoms with van der Waals surface area (Å²) < 4.78 is 7.05. The first kappa shape index (κ1) is 37.1. The van der Waals surface area contributed by atoms with Gasteiger partial charge < -0.3 is 0 Å². The van der Waals surface area contributed by atoms with E-state index >= 15 is 0 Å². The van der Waals surface area contributed by atoms with Gasteiger partial charge in [0, 0.05) is 53.6 Å². The molecule has 13 aromatic rings. The molecule has 0 bridgehead atoms. The van der Waals surface area contributed by atoms with E-state index in [-0.39, 0.29) is 0 Å². The fourth-order valence-electron chi connectivity index (χ4n) is 9.46. The summed E-state index contributed by atoms with van der Waals surface area (Å²) >= 11 is 1.85. The molecule has 0 aliphatic heterocycles. The van der Waals surface area contributed by atoms with Crippen LogP contribution >= 0.6 is 11.3 Å². The molecular formula is C59H37N5S. The average molecular weight is 848 g/mol. The molecule has 4 heterocycles. The lowest BCUT2D eigenvalue weighted by Gasteiger charge is -2.15. The van der Waals surface area contributed by atoms with Crippen LogP contribution in [0.15, 0.2) is 224 Å². The van der Waals surface area contributed by atoms with E-state index in [4.69, 9.17) is 15.0 Å². The van der Waals surface area contributed by atoms with E-state index in [0.717, 1.165) is 95.2 Å². The Bertz CT molecular complexity index is 3740. The summed E-state index contributed by atoms with van der Waals surface area (Å²) in [5.74, 6) is 1.84. The van der Waals surface area contributed by atoms with Crippen LogP contribution in [-0.2, 0) is 0 Å². The normalized spacial score (nSPS) is 11.7. The highest BCUT2D eigenvalue weighted by Crippen LogP contribution is 2.44. The monoisotopic (exact) mass is 847 g/mol. The van der Waals surface area contributed by atoms with Crippen LogP contribution in [-0.4, -0.2) is 24.1 Å². The molecule has 5 nitrogen and oxygen atoms in total. The van der Waals surface area contributed by atoms with Crippen molar-refractivity contribution in [1.29, 1.82) is 0 Å². The maximum Gasteiger partial charge on any atom is 0.145 e. The molecule has 0 radical (unpaired) electrons. The average Bonchev–Trinajstić information content (AvgIpc) is 4.09. The van der Waals surface area contributed by atoms with Crippen molar-refractivity contribution >= 4 is 64.5 Å². The molecule has 0 saturated carbocycles. The van der Waals surface area contributed by atoms with E-state index in [1.807, 2.05) is 35.6 Å². The highest BCUT2D eigenvalue weighted by molar-refractivity contribution is 7.26.